The Morgan fingerprint density at radius 1 is 1.53 bits per heavy atom. The Hall–Kier alpha value is -1.03. The van der Waals surface area contributed by atoms with Crippen molar-refractivity contribution in [3.63, 3.8) is 0 Å². The van der Waals surface area contributed by atoms with Crippen molar-refractivity contribution in [2.75, 3.05) is 33.4 Å². The number of hydrogen-bond donors (Lipinski definition) is 1. The highest BCUT2D eigenvalue weighted by Crippen LogP contribution is 2.16. The Balaban J connectivity index is 2.12. The number of allylic oxidation sites excluding steroid dienone is 2. The van der Waals surface area contributed by atoms with E-state index in [0.29, 0.717) is 25.7 Å². The topological polar surface area (TPSA) is 41.6 Å². The second-order valence-corrected chi connectivity index (χ2v) is 4.46. The molecule has 4 nitrogen and oxygen atoms in total. The van der Waals surface area contributed by atoms with Crippen molar-refractivity contribution in [2.45, 2.75) is 26.2 Å². The first-order valence-electron chi connectivity index (χ1n) is 6.45. The van der Waals surface area contributed by atoms with Crippen LogP contribution in [0.5, 0.6) is 0 Å². The maximum Gasteiger partial charge on any atom is 0.317 e. The van der Waals surface area contributed by atoms with Crippen LogP contribution in [0, 0.1) is 5.92 Å². The Bertz CT molecular complexity index is 254. The molecule has 2 amide bonds. The van der Waals surface area contributed by atoms with E-state index >= 15 is 0 Å². The molecule has 4 heteroatoms. The molecule has 0 spiro atoms. The van der Waals surface area contributed by atoms with E-state index in [0.717, 1.165) is 19.4 Å². The molecule has 0 fully saturated rings. The van der Waals surface area contributed by atoms with Crippen LogP contribution < -0.4 is 5.32 Å². The Kier molecular flexibility index (Phi) is 6.70. The van der Waals surface area contributed by atoms with Crippen LogP contribution in [0.1, 0.15) is 26.2 Å². The van der Waals surface area contributed by atoms with Gasteiger partial charge in [0.25, 0.3) is 0 Å². The zero-order chi connectivity index (χ0) is 12.5. The zero-order valence-corrected chi connectivity index (χ0v) is 10.9. The molecule has 0 radical (unpaired) electrons. The molecule has 0 saturated heterocycles. The lowest BCUT2D eigenvalue weighted by molar-refractivity contribution is 0.125. The molecule has 98 valence electrons. The zero-order valence-electron chi connectivity index (χ0n) is 10.9. The second-order valence-electron chi connectivity index (χ2n) is 4.46. The molecule has 0 bridgehead atoms. The molecule has 0 saturated carbocycles. The summed E-state index contributed by atoms with van der Waals surface area (Å²) in [7, 11) is 1.80. The molecule has 1 rings (SSSR count). The standard InChI is InChI=1S/C13H24N2O2/c1-3-17-10-9-15(2)13(16)14-11-12-7-5-4-6-8-12/h4-5,12H,3,6-11H2,1-2H3,(H,14,16). The Morgan fingerprint density at radius 2 is 2.35 bits per heavy atom. The number of likely N-dealkylation sites (N-methyl/N-ethyl adjacent to an activating group) is 1. The van der Waals surface area contributed by atoms with Crippen molar-refractivity contribution < 1.29 is 9.53 Å². The van der Waals surface area contributed by atoms with Crippen LogP contribution in [0.25, 0.3) is 0 Å². The molecule has 1 aliphatic rings. The molecule has 17 heavy (non-hydrogen) atoms. The van der Waals surface area contributed by atoms with Gasteiger partial charge in [-0.05, 0) is 32.1 Å². The lowest BCUT2D eigenvalue weighted by Crippen LogP contribution is -2.41. The summed E-state index contributed by atoms with van der Waals surface area (Å²) in [6.45, 7) is 4.68. The van der Waals surface area contributed by atoms with Crippen molar-refractivity contribution in [3.05, 3.63) is 12.2 Å². The molecule has 0 heterocycles. The number of ether oxygens (including phenoxy) is 1. The van der Waals surface area contributed by atoms with E-state index in [1.54, 1.807) is 11.9 Å². The Morgan fingerprint density at radius 3 is 3.00 bits per heavy atom. The fourth-order valence-corrected chi connectivity index (χ4v) is 1.86. The van der Waals surface area contributed by atoms with E-state index < -0.39 is 0 Å². The number of nitrogens with zero attached hydrogens (tertiary/aromatic N) is 1. The van der Waals surface area contributed by atoms with Crippen LogP contribution in [0.4, 0.5) is 4.79 Å². The minimum Gasteiger partial charge on any atom is -0.380 e. The fourth-order valence-electron chi connectivity index (χ4n) is 1.86. The smallest absolute Gasteiger partial charge is 0.317 e. The van der Waals surface area contributed by atoms with Gasteiger partial charge in [0.1, 0.15) is 0 Å². The summed E-state index contributed by atoms with van der Waals surface area (Å²) in [4.78, 5) is 13.4. The van der Waals surface area contributed by atoms with E-state index in [9.17, 15) is 4.79 Å². The first-order chi connectivity index (χ1) is 8.24. The average Bonchev–Trinajstić information content (AvgIpc) is 2.37. The van der Waals surface area contributed by atoms with E-state index in [1.165, 1.54) is 6.42 Å². The van der Waals surface area contributed by atoms with E-state index in [2.05, 4.69) is 17.5 Å². The van der Waals surface area contributed by atoms with Crippen molar-refractivity contribution in [3.8, 4) is 0 Å². The van der Waals surface area contributed by atoms with Crippen molar-refractivity contribution in [2.24, 2.45) is 5.92 Å². The average molecular weight is 240 g/mol. The fraction of sp³-hybridized carbons (Fsp3) is 0.769. The predicted octanol–water partition coefficient (Wildman–Crippen LogP) is 2.02. The molecule has 1 atom stereocenters. The van der Waals surface area contributed by atoms with Gasteiger partial charge in [0.05, 0.1) is 6.61 Å². The van der Waals surface area contributed by atoms with Crippen molar-refractivity contribution in [1.82, 2.24) is 10.2 Å². The number of carbonyl (C=O) groups is 1. The number of rotatable bonds is 6. The molecular weight excluding hydrogens is 216 g/mol. The lowest BCUT2D eigenvalue weighted by Gasteiger charge is -2.22. The highest BCUT2D eigenvalue weighted by Gasteiger charge is 2.13. The van der Waals surface area contributed by atoms with Crippen LogP contribution in [-0.2, 0) is 4.74 Å². The number of carbonyl (C=O) groups excluding carboxylic acids is 1. The summed E-state index contributed by atoms with van der Waals surface area (Å²) in [5.41, 5.74) is 0. The third-order valence-electron chi connectivity index (χ3n) is 3.04. The second kappa shape index (κ2) is 8.12. The van der Waals surface area contributed by atoms with Crippen LogP contribution in [-0.4, -0.2) is 44.3 Å². The first-order valence-corrected chi connectivity index (χ1v) is 6.45. The normalized spacial score (nSPS) is 19.1. The van der Waals surface area contributed by atoms with E-state index in [4.69, 9.17) is 4.74 Å². The molecule has 0 aromatic carbocycles. The number of hydrogen-bond acceptors (Lipinski definition) is 2. The monoisotopic (exact) mass is 240 g/mol. The van der Waals surface area contributed by atoms with Gasteiger partial charge in [-0.25, -0.2) is 4.79 Å². The SMILES string of the molecule is CCOCCN(C)C(=O)NCC1CC=CCC1. The summed E-state index contributed by atoms with van der Waals surface area (Å²) >= 11 is 0. The lowest BCUT2D eigenvalue weighted by atomic mass is 9.94. The third-order valence-corrected chi connectivity index (χ3v) is 3.04. The molecule has 0 aromatic heterocycles. The summed E-state index contributed by atoms with van der Waals surface area (Å²) in [6, 6.07) is -0.000689. The molecule has 1 aliphatic carbocycles. The van der Waals surface area contributed by atoms with Crippen LogP contribution >= 0.6 is 0 Å². The van der Waals surface area contributed by atoms with Gasteiger partial charge in [-0.2, -0.15) is 0 Å². The summed E-state index contributed by atoms with van der Waals surface area (Å²) in [6.07, 6.45) is 7.83. The van der Waals surface area contributed by atoms with Gasteiger partial charge in [-0.1, -0.05) is 12.2 Å². The van der Waals surface area contributed by atoms with Gasteiger partial charge < -0.3 is 15.0 Å². The van der Waals surface area contributed by atoms with Crippen LogP contribution in [0.2, 0.25) is 0 Å². The Labute approximate surface area is 104 Å². The molecule has 1 unspecified atom stereocenters. The number of amides is 2. The largest absolute Gasteiger partial charge is 0.380 e. The van der Waals surface area contributed by atoms with Crippen molar-refractivity contribution in [1.29, 1.82) is 0 Å². The summed E-state index contributed by atoms with van der Waals surface area (Å²) in [5.74, 6) is 0.601. The minimum absolute atomic E-state index is 0.000689. The highest BCUT2D eigenvalue weighted by molar-refractivity contribution is 5.73. The quantitative estimate of drug-likeness (QED) is 0.570. The van der Waals surface area contributed by atoms with Gasteiger partial charge in [0.15, 0.2) is 0 Å². The minimum atomic E-state index is -0.000689. The maximum absolute atomic E-state index is 11.7. The highest BCUT2D eigenvalue weighted by atomic mass is 16.5. The number of urea groups is 1. The molecular formula is C13H24N2O2. The molecule has 1 N–H and O–H groups in total. The van der Waals surface area contributed by atoms with Gasteiger partial charge in [-0.3, -0.25) is 0 Å². The van der Waals surface area contributed by atoms with Crippen molar-refractivity contribution >= 4 is 6.03 Å². The molecule has 0 aliphatic heterocycles. The van der Waals surface area contributed by atoms with Gasteiger partial charge in [0, 0.05) is 26.7 Å². The van der Waals surface area contributed by atoms with Crippen LogP contribution in [0.3, 0.4) is 0 Å². The van der Waals surface area contributed by atoms with Gasteiger partial charge >= 0.3 is 6.03 Å². The van der Waals surface area contributed by atoms with Gasteiger partial charge in [-0.15, -0.1) is 0 Å². The van der Waals surface area contributed by atoms with E-state index in [-0.39, 0.29) is 6.03 Å². The first kappa shape index (κ1) is 14.0. The molecule has 0 aromatic rings. The maximum atomic E-state index is 11.7. The summed E-state index contributed by atoms with van der Waals surface area (Å²) in [5, 5.41) is 2.98. The third kappa shape index (κ3) is 5.73. The number of nitrogens with one attached hydrogen (secondary N) is 1. The van der Waals surface area contributed by atoms with Crippen LogP contribution in [0.15, 0.2) is 12.2 Å². The summed E-state index contributed by atoms with van der Waals surface area (Å²) < 4.78 is 5.22. The van der Waals surface area contributed by atoms with E-state index in [1.807, 2.05) is 6.92 Å². The van der Waals surface area contributed by atoms with Gasteiger partial charge in [0.2, 0.25) is 0 Å². The predicted molar refractivity (Wildman–Crippen MR) is 69.0 cm³/mol.